The van der Waals surface area contributed by atoms with Gasteiger partial charge in [-0.05, 0) is 31.0 Å². The van der Waals surface area contributed by atoms with Gasteiger partial charge in [-0.1, -0.05) is 24.3 Å². The molecule has 0 bridgehead atoms. The van der Waals surface area contributed by atoms with Gasteiger partial charge in [-0.25, -0.2) is 9.79 Å². The number of nitrogens with zero attached hydrogens (tertiary/aromatic N) is 1. The number of halogens is 3. The number of carboxylic acid groups (broad SMARTS) is 1. The van der Waals surface area contributed by atoms with Crippen molar-refractivity contribution in [2.24, 2.45) is 4.99 Å². The van der Waals surface area contributed by atoms with Gasteiger partial charge in [-0.3, -0.25) is 0 Å². The molecule has 4 nitrogen and oxygen atoms in total. The summed E-state index contributed by atoms with van der Waals surface area (Å²) < 4.78 is 38.6. The van der Waals surface area contributed by atoms with Crippen LogP contribution in [0.1, 0.15) is 38.8 Å². The lowest BCUT2D eigenvalue weighted by Crippen LogP contribution is -2.26. The first-order valence-corrected chi connectivity index (χ1v) is 8.56. The number of aliphatic imine (C=N–C) groups is 1. The van der Waals surface area contributed by atoms with Gasteiger partial charge in [0, 0.05) is 17.7 Å². The summed E-state index contributed by atoms with van der Waals surface area (Å²) >= 11 is 1.06. The van der Waals surface area contributed by atoms with Gasteiger partial charge >= 0.3 is 12.1 Å². The van der Waals surface area contributed by atoms with Crippen LogP contribution < -0.4 is 5.32 Å². The van der Waals surface area contributed by atoms with E-state index >= 15 is 0 Å². The predicted octanol–water partition coefficient (Wildman–Crippen LogP) is 5.01. The molecule has 0 unspecified atom stereocenters. The zero-order chi connectivity index (χ0) is 19.1. The molecule has 0 amide bonds. The van der Waals surface area contributed by atoms with E-state index in [4.69, 9.17) is 0 Å². The number of fused-ring (bicyclic) bond motifs is 1. The van der Waals surface area contributed by atoms with Crippen LogP contribution in [0, 0.1) is 6.92 Å². The molecule has 1 aromatic heterocycles. The number of benzene rings is 1. The van der Waals surface area contributed by atoms with Gasteiger partial charge < -0.3 is 10.4 Å². The predicted molar refractivity (Wildman–Crippen MR) is 95.0 cm³/mol. The molecule has 8 heteroatoms. The minimum Gasteiger partial charge on any atom is -0.477 e. The van der Waals surface area contributed by atoms with E-state index in [9.17, 15) is 23.1 Å². The Hall–Kier alpha value is -2.61. The Bertz CT molecular complexity index is 942. The van der Waals surface area contributed by atoms with Crippen LogP contribution >= 0.6 is 11.3 Å². The normalized spacial score (nSPS) is 15.4. The highest BCUT2D eigenvalue weighted by atomic mass is 32.1. The molecule has 136 valence electrons. The van der Waals surface area contributed by atoms with E-state index in [1.54, 1.807) is 26.0 Å². The number of hydrogen-bond donors (Lipinski definition) is 2. The van der Waals surface area contributed by atoms with Crippen LogP contribution in [0.15, 0.2) is 35.3 Å². The smallest absolute Gasteiger partial charge is 0.416 e. The molecule has 1 aromatic carbocycles. The molecule has 2 N–H and O–H groups in total. The number of carbonyl (C=O) groups is 1. The SMILES string of the molecule is CC=C1NC(Cc2cccc(C(F)(F)F)c2)=Nc2sc(C(=O)O)c(C)c21. The second kappa shape index (κ2) is 6.60. The van der Waals surface area contributed by atoms with Gasteiger partial charge in [0.05, 0.1) is 5.56 Å². The average molecular weight is 380 g/mol. The quantitative estimate of drug-likeness (QED) is 0.787. The molecule has 1 aliphatic rings. The third kappa shape index (κ3) is 3.37. The van der Waals surface area contributed by atoms with E-state index in [1.807, 2.05) is 0 Å². The van der Waals surface area contributed by atoms with Gasteiger partial charge in [0.1, 0.15) is 15.7 Å². The molecule has 0 fully saturated rings. The largest absolute Gasteiger partial charge is 0.477 e. The van der Waals surface area contributed by atoms with Gasteiger partial charge in [-0.15, -0.1) is 11.3 Å². The fraction of sp³-hybridized carbons (Fsp3) is 0.222. The van der Waals surface area contributed by atoms with Gasteiger partial charge in [0.15, 0.2) is 0 Å². The first-order valence-electron chi connectivity index (χ1n) is 7.74. The van der Waals surface area contributed by atoms with Crippen molar-refractivity contribution in [1.29, 1.82) is 0 Å². The molecule has 1 aliphatic heterocycles. The fourth-order valence-electron chi connectivity index (χ4n) is 2.82. The Morgan fingerprint density at radius 3 is 2.73 bits per heavy atom. The number of nitrogens with one attached hydrogen (secondary N) is 1. The van der Waals surface area contributed by atoms with E-state index in [2.05, 4.69) is 10.3 Å². The van der Waals surface area contributed by atoms with Crippen molar-refractivity contribution in [3.63, 3.8) is 0 Å². The van der Waals surface area contributed by atoms with Crippen LogP contribution in [0.4, 0.5) is 18.2 Å². The Labute approximate surface area is 151 Å². The summed E-state index contributed by atoms with van der Waals surface area (Å²) in [5, 5.41) is 12.9. The van der Waals surface area contributed by atoms with Gasteiger partial charge in [0.2, 0.25) is 0 Å². The van der Waals surface area contributed by atoms with Crippen molar-refractivity contribution in [2.45, 2.75) is 26.4 Å². The maximum atomic E-state index is 12.9. The molecular weight excluding hydrogens is 365 g/mol. The molecule has 0 spiro atoms. The highest BCUT2D eigenvalue weighted by Crippen LogP contribution is 2.41. The number of allylic oxidation sites excluding steroid dienone is 1. The molecule has 26 heavy (non-hydrogen) atoms. The second-order valence-corrected chi connectivity index (χ2v) is 6.80. The maximum absolute atomic E-state index is 12.9. The standard InChI is InChI=1S/C18H15F3N2O2S/c1-3-12-14-9(2)15(17(24)25)26-16(14)23-13(22-12)8-10-5-4-6-11(7-10)18(19,20)21/h3-7H,8H2,1-2H3,(H,22,23)(H,24,25). The van der Waals surface area contributed by atoms with Crippen LogP contribution in [-0.2, 0) is 12.6 Å². The van der Waals surface area contributed by atoms with Crippen LogP contribution in [0.2, 0.25) is 0 Å². The number of amidine groups is 1. The van der Waals surface area contributed by atoms with Crippen LogP contribution in [-0.4, -0.2) is 16.9 Å². The zero-order valence-corrected chi connectivity index (χ0v) is 14.8. The van der Waals surface area contributed by atoms with Crippen molar-refractivity contribution in [2.75, 3.05) is 0 Å². The summed E-state index contributed by atoms with van der Waals surface area (Å²) in [5.41, 5.74) is 1.82. The molecule has 0 atom stereocenters. The molecule has 3 rings (SSSR count). The Morgan fingerprint density at radius 1 is 1.38 bits per heavy atom. The van der Waals surface area contributed by atoms with E-state index in [0.29, 0.717) is 27.7 Å². The topological polar surface area (TPSA) is 61.7 Å². The Morgan fingerprint density at radius 2 is 2.12 bits per heavy atom. The lowest BCUT2D eigenvalue weighted by Gasteiger charge is -2.19. The van der Waals surface area contributed by atoms with E-state index in [1.165, 1.54) is 6.07 Å². The number of aromatic carboxylic acids is 1. The molecule has 0 saturated carbocycles. The summed E-state index contributed by atoms with van der Waals surface area (Å²) in [6.07, 6.45) is -2.42. The van der Waals surface area contributed by atoms with Crippen LogP contribution in [0.5, 0.6) is 0 Å². The third-order valence-corrected chi connectivity index (χ3v) is 5.20. The maximum Gasteiger partial charge on any atom is 0.416 e. The number of carboxylic acids is 1. The number of alkyl halides is 3. The molecule has 0 aliphatic carbocycles. The molecule has 0 saturated heterocycles. The zero-order valence-electron chi connectivity index (χ0n) is 13.9. The van der Waals surface area contributed by atoms with Crippen molar-refractivity contribution in [3.8, 4) is 0 Å². The molecule has 2 aromatic rings. The van der Waals surface area contributed by atoms with Crippen LogP contribution in [0.3, 0.4) is 0 Å². The summed E-state index contributed by atoms with van der Waals surface area (Å²) in [5.74, 6) is -0.546. The monoisotopic (exact) mass is 380 g/mol. The number of hydrogen-bond acceptors (Lipinski definition) is 4. The minimum absolute atomic E-state index is 0.181. The molecule has 2 heterocycles. The first-order chi connectivity index (χ1) is 12.2. The summed E-state index contributed by atoms with van der Waals surface area (Å²) in [4.78, 5) is 16.0. The van der Waals surface area contributed by atoms with Crippen molar-refractivity contribution >= 4 is 33.8 Å². The number of rotatable bonds is 3. The van der Waals surface area contributed by atoms with E-state index in [-0.39, 0.29) is 11.3 Å². The summed E-state index contributed by atoms with van der Waals surface area (Å²) in [6.45, 7) is 3.52. The van der Waals surface area contributed by atoms with E-state index < -0.39 is 17.7 Å². The van der Waals surface area contributed by atoms with E-state index in [0.717, 1.165) is 29.0 Å². The highest BCUT2D eigenvalue weighted by molar-refractivity contribution is 7.18. The Balaban J connectivity index is 1.98. The second-order valence-electron chi connectivity index (χ2n) is 5.80. The third-order valence-electron chi connectivity index (χ3n) is 4.02. The fourth-order valence-corrected chi connectivity index (χ4v) is 3.87. The van der Waals surface area contributed by atoms with Crippen molar-refractivity contribution in [3.05, 3.63) is 57.5 Å². The lowest BCUT2D eigenvalue weighted by atomic mass is 10.0. The van der Waals surface area contributed by atoms with Gasteiger partial charge in [-0.2, -0.15) is 13.2 Å². The first kappa shape index (κ1) is 18.2. The average Bonchev–Trinajstić information content (AvgIpc) is 2.91. The van der Waals surface area contributed by atoms with Crippen molar-refractivity contribution in [1.82, 2.24) is 5.32 Å². The Kier molecular flexibility index (Phi) is 4.62. The number of thiophene rings is 1. The minimum atomic E-state index is -4.40. The molecule has 0 radical (unpaired) electrons. The van der Waals surface area contributed by atoms with Crippen LogP contribution in [0.25, 0.3) is 5.70 Å². The summed E-state index contributed by atoms with van der Waals surface area (Å²) in [6, 6.07) is 5.09. The summed E-state index contributed by atoms with van der Waals surface area (Å²) in [7, 11) is 0. The highest BCUT2D eigenvalue weighted by Gasteiger charge is 2.31. The molecular formula is C18H15F3N2O2S. The van der Waals surface area contributed by atoms with Gasteiger partial charge in [0.25, 0.3) is 0 Å². The lowest BCUT2D eigenvalue weighted by molar-refractivity contribution is -0.137. The van der Waals surface area contributed by atoms with Crippen molar-refractivity contribution < 1.29 is 23.1 Å².